The van der Waals surface area contributed by atoms with Crippen molar-refractivity contribution in [2.45, 2.75) is 52.1 Å². The van der Waals surface area contributed by atoms with E-state index in [0.717, 1.165) is 12.8 Å². The molecule has 1 aliphatic heterocycles. The highest BCUT2D eigenvalue weighted by Crippen LogP contribution is 2.20. The predicted octanol–water partition coefficient (Wildman–Crippen LogP) is 2.38. The van der Waals surface area contributed by atoms with Crippen molar-refractivity contribution in [1.82, 2.24) is 10.2 Å². The van der Waals surface area contributed by atoms with Gasteiger partial charge in [-0.2, -0.15) is 0 Å². The van der Waals surface area contributed by atoms with E-state index in [2.05, 4.69) is 17.4 Å². The van der Waals surface area contributed by atoms with Gasteiger partial charge in [-0.15, -0.1) is 0 Å². The van der Waals surface area contributed by atoms with Crippen LogP contribution in [0.15, 0.2) is 30.3 Å². The van der Waals surface area contributed by atoms with Crippen molar-refractivity contribution < 1.29 is 9.59 Å². The summed E-state index contributed by atoms with van der Waals surface area (Å²) in [4.78, 5) is 26.0. The summed E-state index contributed by atoms with van der Waals surface area (Å²) in [5.74, 6) is -0.0989. The molecule has 1 aromatic rings. The second-order valence-electron chi connectivity index (χ2n) is 6.47. The van der Waals surface area contributed by atoms with E-state index >= 15 is 0 Å². The zero-order chi connectivity index (χ0) is 16.1. The molecular weight excluding hydrogens is 276 g/mol. The largest absolute Gasteiger partial charge is 0.353 e. The normalized spacial score (nSPS) is 19.5. The highest BCUT2D eigenvalue weighted by atomic mass is 16.2. The SMILES string of the molecule is CC(C)N1C[C@H](C(=O)N[C@H](C)CCc2ccccc2)CC1=O. The number of hydrogen-bond donors (Lipinski definition) is 1. The summed E-state index contributed by atoms with van der Waals surface area (Å²) in [6, 6.07) is 10.6. The fraction of sp³-hybridized carbons (Fsp3) is 0.556. The zero-order valence-corrected chi connectivity index (χ0v) is 13.7. The first-order chi connectivity index (χ1) is 10.5. The first kappa shape index (κ1) is 16.5. The van der Waals surface area contributed by atoms with E-state index in [9.17, 15) is 9.59 Å². The Balaban J connectivity index is 1.78. The van der Waals surface area contributed by atoms with Crippen LogP contribution in [0.1, 0.15) is 39.2 Å². The Morgan fingerprint density at radius 1 is 1.27 bits per heavy atom. The van der Waals surface area contributed by atoms with Crippen LogP contribution in [0.3, 0.4) is 0 Å². The van der Waals surface area contributed by atoms with Gasteiger partial charge in [-0.1, -0.05) is 30.3 Å². The lowest BCUT2D eigenvalue weighted by Gasteiger charge is -2.21. The van der Waals surface area contributed by atoms with Crippen molar-refractivity contribution in [2.75, 3.05) is 6.54 Å². The summed E-state index contributed by atoms with van der Waals surface area (Å²) < 4.78 is 0. The van der Waals surface area contributed by atoms with Crippen LogP contribution in [0.5, 0.6) is 0 Å². The van der Waals surface area contributed by atoms with Crippen LogP contribution in [0.25, 0.3) is 0 Å². The molecule has 120 valence electrons. The molecule has 0 unspecified atom stereocenters. The maximum Gasteiger partial charge on any atom is 0.225 e. The quantitative estimate of drug-likeness (QED) is 0.877. The Morgan fingerprint density at radius 3 is 2.55 bits per heavy atom. The molecule has 0 aliphatic carbocycles. The molecule has 0 bridgehead atoms. The molecule has 2 amide bonds. The van der Waals surface area contributed by atoms with E-state index in [-0.39, 0.29) is 29.8 Å². The molecule has 0 saturated carbocycles. The number of likely N-dealkylation sites (tertiary alicyclic amines) is 1. The van der Waals surface area contributed by atoms with E-state index in [1.54, 1.807) is 4.90 Å². The molecule has 1 aromatic carbocycles. The fourth-order valence-corrected chi connectivity index (χ4v) is 2.87. The lowest BCUT2D eigenvalue weighted by molar-refractivity contribution is -0.130. The average molecular weight is 302 g/mol. The van der Waals surface area contributed by atoms with E-state index in [4.69, 9.17) is 0 Å². The number of hydrogen-bond acceptors (Lipinski definition) is 2. The number of aryl methyl sites for hydroxylation is 1. The van der Waals surface area contributed by atoms with Crippen LogP contribution in [0.4, 0.5) is 0 Å². The van der Waals surface area contributed by atoms with Crippen molar-refractivity contribution in [2.24, 2.45) is 5.92 Å². The molecule has 0 spiro atoms. The molecular formula is C18H26N2O2. The van der Waals surface area contributed by atoms with Crippen molar-refractivity contribution in [3.63, 3.8) is 0 Å². The van der Waals surface area contributed by atoms with Crippen LogP contribution in [-0.2, 0) is 16.0 Å². The molecule has 4 nitrogen and oxygen atoms in total. The summed E-state index contributed by atoms with van der Waals surface area (Å²) >= 11 is 0. The highest BCUT2D eigenvalue weighted by Gasteiger charge is 2.35. The summed E-state index contributed by atoms with van der Waals surface area (Å²) in [5, 5.41) is 3.05. The van der Waals surface area contributed by atoms with Gasteiger partial charge in [0.05, 0.1) is 5.92 Å². The first-order valence-corrected chi connectivity index (χ1v) is 8.11. The van der Waals surface area contributed by atoms with Gasteiger partial charge in [0.1, 0.15) is 0 Å². The molecule has 1 saturated heterocycles. The van der Waals surface area contributed by atoms with Crippen molar-refractivity contribution in [1.29, 1.82) is 0 Å². The molecule has 0 aromatic heterocycles. The smallest absolute Gasteiger partial charge is 0.225 e. The Kier molecular flexibility index (Phi) is 5.58. The molecule has 1 heterocycles. The summed E-state index contributed by atoms with van der Waals surface area (Å²) in [7, 11) is 0. The highest BCUT2D eigenvalue weighted by molar-refractivity contribution is 5.89. The van der Waals surface area contributed by atoms with Crippen LogP contribution >= 0.6 is 0 Å². The van der Waals surface area contributed by atoms with Gasteiger partial charge < -0.3 is 10.2 Å². The molecule has 4 heteroatoms. The minimum Gasteiger partial charge on any atom is -0.353 e. The van der Waals surface area contributed by atoms with Crippen LogP contribution in [0, 0.1) is 5.92 Å². The second-order valence-corrected chi connectivity index (χ2v) is 6.47. The summed E-state index contributed by atoms with van der Waals surface area (Å²) in [6.45, 7) is 6.55. The predicted molar refractivity (Wildman–Crippen MR) is 87.3 cm³/mol. The number of amides is 2. The number of benzene rings is 1. The first-order valence-electron chi connectivity index (χ1n) is 8.11. The molecule has 1 fully saturated rings. The standard InChI is InChI=1S/C18H26N2O2/c1-13(2)20-12-16(11-17(20)21)18(22)19-14(3)9-10-15-7-5-4-6-8-15/h4-8,13-14,16H,9-12H2,1-3H3,(H,19,22)/t14-,16-/m1/s1. The molecule has 2 atom stereocenters. The maximum absolute atomic E-state index is 12.3. The van der Waals surface area contributed by atoms with E-state index in [1.165, 1.54) is 5.56 Å². The van der Waals surface area contributed by atoms with Gasteiger partial charge in [-0.25, -0.2) is 0 Å². The molecule has 22 heavy (non-hydrogen) atoms. The average Bonchev–Trinajstić information content (AvgIpc) is 2.88. The topological polar surface area (TPSA) is 49.4 Å². The van der Waals surface area contributed by atoms with Crippen molar-refractivity contribution >= 4 is 11.8 Å². The Hall–Kier alpha value is -1.84. The number of rotatable bonds is 6. The van der Waals surface area contributed by atoms with Crippen LogP contribution in [0.2, 0.25) is 0 Å². The van der Waals surface area contributed by atoms with Crippen molar-refractivity contribution in [3.8, 4) is 0 Å². The second kappa shape index (κ2) is 7.43. The van der Waals surface area contributed by atoms with E-state index in [1.807, 2.05) is 39.0 Å². The Labute approximate surface area is 132 Å². The van der Waals surface area contributed by atoms with Gasteiger partial charge in [0.15, 0.2) is 0 Å². The van der Waals surface area contributed by atoms with Crippen LogP contribution in [-0.4, -0.2) is 35.3 Å². The zero-order valence-electron chi connectivity index (χ0n) is 13.7. The summed E-state index contributed by atoms with van der Waals surface area (Å²) in [5.41, 5.74) is 1.28. The van der Waals surface area contributed by atoms with Crippen LogP contribution < -0.4 is 5.32 Å². The summed E-state index contributed by atoms with van der Waals surface area (Å²) in [6.07, 6.45) is 2.20. The molecule has 2 rings (SSSR count). The maximum atomic E-state index is 12.3. The number of carbonyl (C=O) groups excluding carboxylic acids is 2. The van der Waals surface area contributed by atoms with Gasteiger partial charge >= 0.3 is 0 Å². The lowest BCUT2D eigenvalue weighted by atomic mass is 10.0. The minimum absolute atomic E-state index is 0.0112. The number of nitrogens with zero attached hydrogens (tertiary/aromatic N) is 1. The number of carbonyl (C=O) groups is 2. The van der Waals surface area contributed by atoms with Gasteiger partial charge in [-0.05, 0) is 39.2 Å². The Bertz CT molecular complexity index is 513. The minimum atomic E-state index is -0.200. The molecule has 1 N–H and O–H groups in total. The van der Waals surface area contributed by atoms with Gasteiger partial charge in [0.25, 0.3) is 0 Å². The van der Waals surface area contributed by atoms with Gasteiger partial charge in [0, 0.05) is 25.0 Å². The van der Waals surface area contributed by atoms with Crippen molar-refractivity contribution in [3.05, 3.63) is 35.9 Å². The van der Waals surface area contributed by atoms with Gasteiger partial charge in [0.2, 0.25) is 11.8 Å². The molecule has 1 aliphatic rings. The van der Waals surface area contributed by atoms with E-state index < -0.39 is 0 Å². The Morgan fingerprint density at radius 2 is 1.95 bits per heavy atom. The third-order valence-electron chi connectivity index (χ3n) is 4.25. The fourth-order valence-electron chi connectivity index (χ4n) is 2.87. The monoisotopic (exact) mass is 302 g/mol. The van der Waals surface area contributed by atoms with E-state index in [0.29, 0.717) is 13.0 Å². The number of nitrogens with one attached hydrogen (secondary N) is 1. The third kappa shape index (κ3) is 4.33. The van der Waals surface area contributed by atoms with Gasteiger partial charge in [-0.3, -0.25) is 9.59 Å². The third-order valence-corrected chi connectivity index (χ3v) is 4.25. The molecule has 0 radical (unpaired) electrons. The lowest BCUT2D eigenvalue weighted by Crippen LogP contribution is -2.39.